The van der Waals surface area contributed by atoms with E-state index in [-0.39, 0.29) is 35.0 Å². The Morgan fingerprint density at radius 1 is 1.24 bits per heavy atom. The quantitative estimate of drug-likeness (QED) is 0.660. The van der Waals surface area contributed by atoms with E-state index in [0.29, 0.717) is 23.6 Å². The molecule has 0 spiro atoms. The van der Waals surface area contributed by atoms with Crippen LogP contribution in [0.25, 0.3) is 0 Å². The van der Waals surface area contributed by atoms with Crippen LogP contribution in [-0.2, 0) is 26.2 Å². The van der Waals surface area contributed by atoms with Gasteiger partial charge in [-0.15, -0.1) is 0 Å². The first-order valence-corrected chi connectivity index (χ1v) is 12.5. The van der Waals surface area contributed by atoms with E-state index >= 15 is 0 Å². The lowest BCUT2D eigenvalue weighted by Gasteiger charge is -2.30. The number of sulfonamides is 1. The molecule has 33 heavy (non-hydrogen) atoms. The monoisotopic (exact) mass is 475 g/mol. The van der Waals surface area contributed by atoms with Gasteiger partial charge in [0.25, 0.3) is 5.91 Å². The summed E-state index contributed by atoms with van der Waals surface area (Å²) in [6.45, 7) is 3.26. The Morgan fingerprint density at radius 3 is 2.64 bits per heavy atom. The normalized spacial score (nSPS) is 18.7. The van der Waals surface area contributed by atoms with Crippen molar-refractivity contribution in [3.63, 3.8) is 0 Å². The lowest BCUT2D eigenvalue weighted by atomic mass is 10.1. The van der Waals surface area contributed by atoms with Crippen LogP contribution in [0.1, 0.15) is 43.9 Å². The van der Waals surface area contributed by atoms with Crippen LogP contribution in [0.15, 0.2) is 39.8 Å². The number of nitrogens with one attached hydrogen (secondary N) is 1. The molecule has 2 aromatic rings. The van der Waals surface area contributed by atoms with Gasteiger partial charge in [0.15, 0.2) is 6.10 Å². The first-order valence-electron chi connectivity index (χ1n) is 11.1. The van der Waals surface area contributed by atoms with Crippen molar-refractivity contribution in [2.24, 2.45) is 0 Å². The smallest absolute Gasteiger partial charge is 0.265 e. The maximum atomic E-state index is 13.4. The maximum absolute atomic E-state index is 13.4. The first kappa shape index (κ1) is 23.3. The molecule has 1 aliphatic carbocycles. The number of amides is 2. The number of anilines is 1. The highest BCUT2D eigenvalue weighted by Gasteiger charge is 2.33. The van der Waals surface area contributed by atoms with Crippen molar-refractivity contribution in [1.82, 2.24) is 9.21 Å². The number of carbonyl (C=O) groups is 2. The van der Waals surface area contributed by atoms with Crippen molar-refractivity contribution < 1.29 is 27.2 Å². The van der Waals surface area contributed by atoms with E-state index in [1.807, 2.05) is 6.07 Å². The second kappa shape index (κ2) is 9.18. The Labute approximate surface area is 193 Å². The number of nitrogens with zero attached hydrogens (tertiary/aromatic N) is 2. The molecule has 2 aliphatic rings. The van der Waals surface area contributed by atoms with Crippen LogP contribution in [-0.4, -0.2) is 55.2 Å². The summed E-state index contributed by atoms with van der Waals surface area (Å²) in [5.74, 6) is 0.400. The molecule has 0 radical (unpaired) electrons. The predicted octanol–water partition coefficient (Wildman–Crippen LogP) is 2.90. The van der Waals surface area contributed by atoms with Crippen LogP contribution < -0.4 is 10.1 Å². The van der Waals surface area contributed by atoms with Gasteiger partial charge in [-0.2, -0.15) is 4.31 Å². The lowest BCUT2D eigenvalue weighted by Crippen LogP contribution is -2.45. The molecular weight excluding hydrogens is 446 g/mol. The lowest BCUT2D eigenvalue weighted by molar-refractivity contribution is -0.134. The Hall–Kier alpha value is -2.85. The molecule has 1 aliphatic heterocycles. The fourth-order valence-corrected chi connectivity index (χ4v) is 5.70. The maximum Gasteiger partial charge on any atom is 0.265 e. The highest BCUT2D eigenvalue weighted by molar-refractivity contribution is 7.89. The van der Waals surface area contributed by atoms with Crippen molar-refractivity contribution >= 4 is 27.5 Å². The van der Waals surface area contributed by atoms with Crippen molar-refractivity contribution in [1.29, 1.82) is 0 Å². The molecule has 1 saturated carbocycles. The molecule has 0 unspecified atom stereocenters. The predicted molar refractivity (Wildman–Crippen MR) is 121 cm³/mol. The number of hydrogen-bond donors (Lipinski definition) is 1. The highest BCUT2D eigenvalue weighted by atomic mass is 32.2. The highest BCUT2D eigenvalue weighted by Crippen LogP contribution is 2.35. The zero-order valence-corrected chi connectivity index (χ0v) is 19.9. The minimum Gasteiger partial charge on any atom is -0.479 e. The van der Waals surface area contributed by atoms with Crippen LogP contribution in [0.4, 0.5) is 5.69 Å². The van der Waals surface area contributed by atoms with Gasteiger partial charge < -0.3 is 19.4 Å². The minimum absolute atomic E-state index is 0.0401. The van der Waals surface area contributed by atoms with Gasteiger partial charge >= 0.3 is 0 Å². The summed E-state index contributed by atoms with van der Waals surface area (Å²) in [6, 6.07) is 6.64. The van der Waals surface area contributed by atoms with Gasteiger partial charge in [-0.3, -0.25) is 9.59 Å². The van der Waals surface area contributed by atoms with Gasteiger partial charge in [-0.05, 0) is 50.5 Å². The number of ether oxygens (including phenoxy) is 1. The number of carbonyl (C=O) groups excluding carboxylic acids is 2. The topological polar surface area (TPSA) is 109 Å². The Balaban J connectivity index is 1.55. The van der Waals surface area contributed by atoms with E-state index in [1.165, 1.54) is 13.1 Å². The van der Waals surface area contributed by atoms with E-state index in [1.54, 1.807) is 37.1 Å². The number of fused-ring (bicyclic) bond motifs is 1. The van der Waals surface area contributed by atoms with Crippen molar-refractivity contribution in [2.75, 3.05) is 18.9 Å². The number of benzene rings is 1. The third-order valence-corrected chi connectivity index (χ3v) is 8.19. The average molecular weight is 476 g/mol. The number of furan rings is 1. The summed E-state index contributed by atoms with van der Waals surface area (Å²) in [5, 5.41) is 2.72. The SMILES string of the molecule is Cc1cc2c(cc1S(=O)(=O)N(C)CC(=O)N(Cc1ccco1)C1CCCC1)O[C@H](C)C(=O)N2. The third-order valence-electron chi connectivity index (χ3n) is 6.25. The Bertz CT molecular complexity index is 1140. The van der Waals surface area contributed by atoms with E-state index in [4.69, 9.17) is 9.15 Å². The molecule has 1 aromatic heterocycles. The van der Waals surface area contributed by atoms with Crippen LogP contribution in [0.2, 0.25) is 0 Å². The van der Waals surface area contributed by atoms with Gasteiger partial charge in [0.05, 0.1) is 29.9 Å². The fraction of sp³-hybridized carbons (Fsp3) is 0.478. The van der Waals surface area contributed by atoms with E-state index in [2.05, 4.69) is 5.32 Å². The second-order valence-corrected chi connectivity index (χ2v) is 10.7. The van der Waals surface area contributed by atoms with Gasteiger partial charge in [-0.25, -0.2) is 8.42 Å². The van der Waals surface area contributed by atoms with Crippen LogP contribution in [0, 0.1) is 6.92 Å². The molecule has 0 bridgehead atoms. The van der Waals surface area contributed by atoms with E-state index in [0.717, 1.165) is 30.0 Å². The summed E-state index contributed by atoms with van der Waals surface area (Å²) in [5.41, 5.74) is 0.883. The van der Waals surface area contributed by atoms with Gasteiger partial charge in [0.1, 0.15) is 11.5 Å². The molecule has 10 heteroatoms. The molecule has 1 aromatic carbocycles. The molecular formula is C23H29N3O6S. The molecule has 9 nitrogen and oxygen atoms in total. The molecule has 2 amide bonds. The molecule has 2 heterocycles. The first-order chi connectivity index (χ1) is 15.7. The number of rotatable bonds is 7. The molecule has 178 valence electrons. The van der Waals surface area contributed by atoms with Crippen LogP contribution >= 0.6 is 0 Å². The minimum atomic E-state index is -3.98. The summed E-state index contributed by atoms with van der Waals surface area (Å²) in [4.78, 5) is 26.9. The van der Waals surface area contributed by atoms with Crippen LogP contribution in [0.3, 0.4) is 0 Å². The van der Waals surface area contributed by atoms with Crippen LogP contribution in [0.5, 0.6) is 5.75 Å². The summed E-state index contributed by atoms with van der Waals surface area (Å²) in [7, 11) is -2.58. The number of likely N-dealkylation sites (N-methyl/N-ethyl adjacent to an activating group) is 1. The van der Waals surface area contributed by atoms with Gasteiger partial charge in [0.2, 0.25) is 15.9 Å². The van der Waals surface area contributed by atoms with Crippen molar-refractivity contribution in [3.8, 4) is 5.75 Å². The third kappa shape index (κ3) is 4.77. The standard InChI is InChI=1S/C23H29N3O6S/c1-15-11-19-20(32-16(2)23(28)24-19)12-21(15)33(29,30)25(3)14-22(27)26(17-7-4-5-8-17)13-18-9-6-10-31-18/h6,9-12,16-17H,4-5,7-8,13-14H2,1-3H3,(H,24,28)/t16-/m1/s1. The molecule has 0 saturated heterocycles. The molecule has 4 rings (SSSR count). The van der Waals surface area contributed by atoms with E-state index < -0.39 is 16.1 Å². The number of aryl methyl sites for hydroxylation is 1. The fourth-order valence-electron chi connectivity index (χ4n) is 4.36. The zero-order valence-electron chi connectivity index (χ0n) is 19.0. The van der Waals surface area contributed by atoms with Gasteiger partial charge in [-0.1, -0.05) is 12.8 Å². The van der Waals surface area contributed by atoms with Gasteiger partial charge in [0, 0.05) is 19.2 Å². The number of hydrogen-bond acceptors (Lipinski definition) is 6. The van der Waals surface area contributed by atoms with Crippen molar-refractivity contribution in [3.05, 3.63) is 41.9 Å². The zero-order chi connectivity index (χ0) is 23.8. The average Bonchev–Trinajstić information content (AvgIpc) is 3.46. The Kier molecular flexibility index (Phi) is 6.49. The largest absolute Gasteiger partial charge is 0.479 e. The van der Waals surface area contributed by atoms with E-state index in [9.17, 15) is 18.0 Å². The summed E-state index contributed by atoms with van der Waals surface area (Å²) >= 11 is 0. The molecule has 1 N–H and O–H groups in total. The molecule has 1 atom stereocenters. The molecule has 1 fully saturated rings. The summed E-state index contributed by atoms with van der Waals surface area (Å²) < 4.78 is 38.8. The Morgan fingerprint density at radius 2 is 1.97 bits per heavy atom. The van der Waals surface area contributed by atoms with Crippen molar-refractivity contribution in [2.45, 2.75) is 63.1 Å². The second-order valence-electron chi connectivity index (χ2n) is 8.66. The summed E-state index contributed by atoms with van der Waals surface area (Å²) in [6.07, 6.45) is 4.72.